The van der Waals surface area contributed by atoms with Crippen LogP contribution in [-0.4, -0.2) is 94.2 Å². The predicted molar refractivity (Wildman–Crippen MR) is 137 cm³/mol. The van der Waals surface area contributed by atoms with Crippen molar-refractivity contribution in [2.24, 2.45) is 0 Å². The molecule has 0 bridgehead atoms. The lowest BCUT2D eigenvalue weighted by Crippen LogP contribution is -2.24. The topological polar surface area (TPSA) is 77.4 Å². The first-order valence-electron chi connectivity index (χ1n) is 10.8. The lowest BCUT2D eigenvalue weighted by molar-refractivity contribution is -0.0228. The number of aliphatic hydroxyl groups excluding tert-OH is 2. The molecular formula is C22H34O6S4. The van der Waals surface area contributed by atoms with E-state index in [1.807, 2.05) is 71.3 Å². The standard InChI is InChI=1S/C22H34O6S4/c23-19(9-27-11-21-13-29-15-31-21)7-25-5-17-1-2-18(4-3-17)6-26-8-20(24)10-28-12-22-14-30-16-32-22/h1-4,19-24H,5-16H2. The molecule has 0 radical (unpaired) electrons. The summed E-state index contributed by atoms with van der Waals surface area (Å²) in [5.41, 5.74) is 2.08. The smallest absolute Gasteiger partial charge is 0.101 e. The molecule has 3 rings (SSSR count). The van der Waals surface area contributed by atoms with E-state index >= 15 is 0 Å². The summed E-state index contributed by atoms with van der Waals surface area (Å²) in [6.07, 6.45) is -1.21. The van der Waals surface area contributed by atoms with Crippen LogP contribution in [0, 0.1) is 0 Å². The number of aliphatic hydroxyl groups is 2. The Balaban J connectivity index is 1.19. The highest BCUT2D eigenvalue weighted by atomic mass is 32.2. The van der Waals surface area contributed by atoms with Crippen LogP contribution in [0.1, 0.15) is 11.1 Å². The highest BCUT2D eigenvalue weighted by molar-refractivity contribution is 8.19. The Morgan fingerprint density at radius 2 is 1.09 bits per heavy atom. The summed E-state index contributed by atoms with van der Waals surface area (Å²) in [5, 5.41) is 23.3. The van der Waals surface area contributed by atoms with E-state index in [4.69, 9.17) is 18.9 Å². The normalized spacial score (nSPS) is 22.9. The summed E-state index contributed by atoms with van der Waals surface area (Å²) in [6.45, 7) is 3.43. The fourth-order valence-corrected chi connectivity index (χ4v) is 8.59. The highest BCUT2D eigenvalue weighted by Gasteiger charge is 2.17. The van der Waals surface area contributed by atoms with Gasteiger partial charge in [-0.3, -0.25) is 0 Å². The van der Waals surface area contributed by atoms with Gasteiger partial charge in [-0.2, -0.15) is 0 Å². The van der Waals surface area contributed by atoms with Crippen molar-refractivity contribution >= 4 is 47.0 Å². The van der Waals surface area contributed by atoms with Crippen LogP contribution in [0.5, 0.6) is 0 Å². The van der Waals surface area contributed by atoms with Crippen molar-refractivity contribution in [2.75, 3.05) is 61.3 Å². The van der Waals surface area contributed by atoms with Gasteiger partial charge in [0.1, 0.15) is 12.2 Å². The minimum Gasteiger partial charge on any atom is -0.388 e. The van der Waals surface area contributed by atoms with E-state index in [0.717, 1.165) is 32.8 Å². The van der Waals surface area contributed by atoms with E-state index in [-0.39, 0.29) is 13.2 Å². The second-order valence-corrected chi connectivity index (χ2v) is 13.2. The molecule has 4 unspecified atom stereocenters. The van der Waals surface area contributed by atoms with Gasteiger partial charge in [-0.05, 0) is 11.1 Å². The number of benzene rings is 1. The molecule has 0 amide bonds. The molecule has 2 aliphatic rings. The first-order chi connectivity index (χ1) is 15.7. The van der Waals surface area contributed by atoms with Gasteiger partial charge in [-0.15, -0.1) is 47.0 Å². The number of hydrogen-bond donors (Lipinski definition) is 2. The summed E-state index contributed by atoms with van der Waals surface area (Å²) in [4.78, 5) is 0. The minimum absolute atomic E-state index is 0.260. The van der Waals surface area contributed by atoms with Crippen LogP contribution >= 0.6 is 47.0 Å². The molecule has 2 N–H and O–H groups in total. The monoisotopic (exact) mass is 522 g/mol. The van der Waals surface area contributed by atoms with Crippen LogP contribution in [0.4, 0.5) is 0 Å². The van der Waals surface area contributed by atoms with Gasteiger partial charge in [-0.1, -0.05) is 24.3 Å². The van der Waals surface area contributed by atoms with E-state index in [1.54, 1.807) is 0 Å². The zero-order valence-electron chi connectivity index (χ0n) is 18.3. The van der Waals surface area contributed by atoms with Gasteiger partial charge in [0.25, 0.3) is 0 Å². The van der Waals surface area contributed by atoms with E-state index in [2.05, 4.69) is 0 Å². The van der Waals surface area contributed by atoms with E-state index in [1.165, 1.54) is 0 Å². The Morgan fingerprint density at radius 1 is 0.688 bits per heavy atom. The Kier molecular flexibility index (Phi) is 13.6. The zero-order chi connectivity index (χ0) is 22.4. The van der Waals surface area contributed by atoms with E-state index < -0.39 is 12.2 Å². The fraction of sp³-hybridized carbons (Fsp3) is 0.727. The summed E-state index contributed by atoms with van der Waals surface area (Å²) in [7, 11) is 0. The van der Waals surface area contributed by atoms with Crippen LogP contribution < -0.4 is 0 Å². The van der Waals surface area contributed by atoms with E-state index in [9.17, 15) is 10.2 Å². The zero-order valence-corrected chi connectivity index (χ0v) is 21.5. The average molecular weight is 523 g/mol. The van der Waals surface area contributed by atoms with Gasteiger partial charge >= 0.3 is 0 Å². The van der Waals surface area contributed by atoms with Crippen molar-refractivity contribution in [3.63, 3.8) is 0 Å². The molecule has 1 aromatic carbocycles. The molecule has 0 aromatic heterocycles. The molecule has 182 valence electrons. The molecule has 2 aliphatic heterocycles. The van der Waals surface area contributed by atoms with Gasteiger partial charge in [-0.25, -0.2) is 0 Å². The maximum absolute atomic E-state index is 9.99. The van der Waals surface area contributed by atoms with Crippen molar-refractivity contribution in [3.8, 4) is 0 Å². The fourth-order valence-electron chi connectivity index (χ4n) is 3.06. The number of ether oxygens (including phenoxy) is 4. The second kappa shape index (κ2) is 16.1. The SMILES string of the molecule is OC(COCc1ccc(COCC(O)COCC2CSCS2)cc1)COCC1CSCS1. The van der Waals surface area contributed by atoms with Crippen molar-refractivity contribution in [2.45, 2.75) is 35.9 Å². The molecule has 32 heavy (non-hydrogen) atoms. The lowest BCUT2D eigenvalue weighted by Gasteiger charge is -2.14. The first kappa shape index (κ1) is 27.0. The third kappa shape index (κ3) is 11.2. The Hall–Kier alpha value is 0.380. The van der Waals surface area contributed by atoms with Crippen LogP contribution in [-0.2, 0) is 32.2 Å². The molecule has 2 heterocycles. The first-order valence-corrected chi connectivity index (χ1v) is 15.2. The van der Waals surface area contributed by atoms with Gasteiger partial charge in [0, 0.05) is 32.2 Å². The largest absolute Gasteiger partial charge is 0.388 e. The van der Waals surface area contributed by atoms with Crippen LogP contribution in [0.2, 0.25) is 0 Å². The van der Waals surface area contributed by atoms with Gasteiger partial charge in [0.15, 0.2) is 0 Å². The summed E-state index contributed by atoms with van der Waals surface area (Å²) in [6, 6.07) is 7.97. The molecule has 2 saturated heterocycles. The lowest BCUT2D eigenvalue weighted by atomic mass is 10.1. The summed E-state index contributed by atoms with van der Waals surface area (Å²) >= 11 is 7.71. The average Bonchev–Trinajstić information content (AvgIpc) is 3.49. The van der Waals surface area contributed by atoms with Crippen LogP contribution in [0.15, 0.2) is 24.3 Å². The Labute approximate surface area is 208 Å². The molecule has 0 spiro atoms. The molecule has 10 heteroatoms. The van der Waals surface area contributed by atoms with Crippen LogP contribution in [0.3, 0.4) is 0 Å². The maximum atomic E-state index is 9.99. The van der Waals surface area contributed by atoms with Gasteiger partial charge in [0.05, 0.1) is 52.9 Å². The summed E-state index contributed by atoms with van der Waals surface area (Å²) in [5.74, 6) is 2.26. The quantitative estimate of drug-likeness (QED) is 0.338. The third-order valence-corrected chi connectivity index (χ3v) is 10.5. The number of thioether (sulfide) groups is 4. The van der Waals surface area contributed by atoms with Crippen LogP contribution in [0.25, 0.3) is 0 Å². The molecule has 4 atom stereocenters. The molecule has 6 nitrogen and oxygen atoms in total. The highest BCUT2D eigenvalue weighted by Crippen LogP contribution is 2.30. The van der Waals surface area contributed by atoms with Crippen molar-refractivity contribution < 1.29 is 29.2 Å². The van der Waals surface area contributed by atoms with Gasteiger partial charge in [0.2, 0.25) is 0 Å². The molecule has 0 aliphatic carbocycles. The molecular weight excluding hydrogens is 489 g/mol. The second-order valence-electron chi connectivity index (χ2n) is 7.78. The Morgan fingerprint density at radius 3 is 1.47 bits per heavy atom. The van der Waals surface area contributed by atoms with Crippen molar-refractivity contribution in [1.29, 1.82) is 0 Å². The van der Waals surface area contributed by atoms with Gasteiger partial charge < -0.3 is 29.2 Å². The summed E-state index contributed by atoms with van der Waals surface area (Å²) < 4.78 is 22.4. The van der Waals surface area contributed by atoms with E-state index in [0.29, 0.717) is 50.1 Å². The minimum atomic E-state index is -0.604. The Bertz CT molecular complexity index is 558. The van der Waals surface area contributed by atoms with Crippen molar-refractivity contribution in [1.82, 2.24) is 0 Å². The molecule has 2 fully saturated rings. The third-order valence-electron chi connectivity index (χ3n) is 4.79. The predicted octanol–water partition coefficient (Wildman–Crippen LogP) is 3.09. The number of hydrogen-bond acceptors (Lipinski definition) is 10. The molecule has 1 aromatic rings. The maximum Gasteiger partial charge on any atom is 0.101 e. The number of rotatable bonds is 16. The van der Waals surface area contributed by atoms with Crippen molar-refractivity contribution in [3.05, 3.63) is 35.4 Å². The molecule has 0 saturated carbocycles.